The summed E-state index contributed by atoms with van der Waals surface area (Å²) in [6.07, 6.45) is 5.71. The maximum absolute atomic E-state index is 13.6. The number of carbonyl (C=O) groups excluding carboxylic acids is 1. The Labute approximate surface area is 208 Å². The van der Waals surface area contributed by atoms with Gasteiger partial charge in [-0.3, -0.25) is 9.32 Å². The number of anilines is 1. The average molecular weight is 516 g/mol. The van der Waals surface area contributed by atoms with Crippen molar-refractivity contribution in [1.29, 1.82) is 0 Å². The van der Waals surface area contributed by atoms with Crippen LogP contribution < -0.4 is 15.3 Å². The molecule has 36 heavy (non-hydrogen) atoms. The van der Waals surface area contributed by atoms with Crippen molar-refractivity contribution in [1.82, 2.24) is 24.6 Å². The summed E-state index contributed by atoms with van der Waals surface area (Å²) in [6, 6.07) is 7.51. The van der Waals surface area contributed by atoms with Crippen LogP contribution in [0.25, 0.3) is 11.2 Å². The van der Waals surface area contributed by atoms with E-state index in [0.717, 1.165) is 0 Å². The van der Waals surface area contributed by atoms with Crippen LogP contribution in [0.15, 0.2) is 48.8 Å². The second-order valence-corrected chi connectivity index (χ2v) is 10.4. The summed E-state index contributed by atoms with van der Waals surface area (Å²) in [5.41, 5.74) is 6.34. The third-order valence-corrected chi connectivity index (χ3v) is 7.06. The number of allylic oxidation sites excluding steroid dienone is 1. The van der Waals surface area contributed by atoms with Gasteiger partial charge in [-0.25, -0.2) is 9.55 Å². The zero-order chi connectivity index (χ0) is 25.9. The predicted octanol–water partition coefficient (Wildman–Crippen LogP) is 3.36. The normalized spacial score (nSPS) is 19.9. The third kappa shape index (κ3) is 6.01. The molecular formula is C23H29N6O6P. The van der Waals surface area contributed by atoms with Crippen LogP contribution in [0, 0.1) is 5.92 Å². The first kappa shape index (κ1) is 25.6. The molecule has 0 saturated carbocycles. The highest BCUT2D eigenvalue weighted by Crippen LogP contribution is 2.46. The number of nitrogens with one attached hydrogen (secondary N) is 1. The number of carbonyl (C=O) groups is 1. The Hall–Kier alpha value is -3.47. The molecule has 1 unspecified atom stereocenters. The highest BCUT2D eigenvalue weighted by molar-refractivity contribution is 7.52. The molecule has 4 atom stereocenters. The Morgan fingerprint density at radius 2 is 2.00 bits per heavy atom. The molecule has 0 radical (unpaired) electrons. The summed E-state index contributed by atoms with van der Waals surface area (Å²) in [7, 11) is -3.95. The number of nitrogens with two attached hydrogens (primary N) is 1. The van der Waals surface area contributed by atoms with Gasteiger partial charge in [0.1, 0.15) is 11.8 Å². The van der Waals surface area contributed by atoms with E-state index in [1.54, 1.807) is 55.1 Å². The lowest BCUT2D eigenvalue weighted by atomic mass is 10.1. The molecule has 12 nitrogen and oxygen atoms in total. The number of rotatable bonds is 10. The van der Waals surface area contributed by atoms with Gasteiger partial charge in [0.25, 0.3) is 0 Å². The fourth-order valence-electron chi connectivity index (χ4n) is 3.77. The van der Waals surface area contributed by atoms with Gasteiger partial charge in [-0.2, -0.15) is 15.1 Å². The molecule has 4 rings (SSSR count). The van der Waals surface area contributed by atoms with Crippen LogP contribution in [0.5, 0.6) is 11.6 Å². The molecule has 4 N–H and O–H groups in total. The lowest BCUT2D eigenvalue weighted by Crippen LogP contribution is -2.36. The number of ether oxygens (including phenoxy) is 1. The summed E-state index contributed by atoms with van der Waals surface area (Å²) in [5.74, 6) is -0.692. The van der Waals surface area contributed by atoms with E-state index in [4.69, 9.17) is 19.5 Å². The lowest BCUT2D eigenvalue weighted by Gasteiger charge is -2.24. The minimum atomic E-state index is -3.95. The zero-order valence-electron chi connectivity index (χ0n) is 20.1. The number of para-hydroxylation sites is 1. The van der Waals surface area contributed by atoms with Gasteiger partial charge < -0.3 is 24.7 Å². The Morgan fingerprint density at radius 3 is 2.72 bits per heavy atom. The van der Waals surface area contributed by atoms with E-state index in [2.05, 4.69) is 20.0 Å². The summed E-state index contributed by atoms with van der Waals surface area (Å²) < 4.78 is 32.1. The van der Waals surface area contributed by atoms with Gasteiger partial charge in [0.15, 0.2) is 11.2 Å². The number of esters is 1. The minimum Gasteiger partial charge on any atom is -0.492 e. The van der Waals surface area contributed by atoms with Gasteiger partial charge in [-0.1, -0.05) is 30.4 Å². The van der Waals surface area contributed by atoms with Crippen LogP contribution in [0.2, 0.25) is 0 Å². The average Bonchev–Trinajstić information content (AvgIpc) is 3.45. The summed E-state index contributed by atoms with van der Waals surface area (Å²) in [5, 5.41) is 12.7. The fraction of sp³-hybridized carbons (Fsp3) is 0.391. The van der Waals surface area contributed by atoms with E-state index in [1.165, 1.54) is 6.92 Å². The summed E-state index contributed by atoms with van der Waals surface area (Å²) in [6.45, 7) is 5.06. The van der Waals surface area contributed by atoms with Crippen molar-refractivity contribution in [3.8, 4) is 11.6 Å². The Balaban J connectivity index is 1.45. The molecule has 0 amide bonds. The molecule has 0 saturated heterocycles. The van der Waals surface area contributed by atoms with Gasteiger partial charge in [0.2, 0.25) is 11.8 Å². The SMILES string of the molecule is CC(C)OC(=O)[C@H](C)NP(=O)(OC[C@@H]1C=C[C@H](n2cnc3c(O)nc(N)nc32)C1)Oc1ccccc1. The first-order chi connectivity index (χ1) is 17.1. The van der Waals surface area contributed by atoms with Crippen molar-refractivity contribution in [2.45, 2.75) is 45.4 Å². The van der Waals surface area contributed by atoms with Crippen molar-refractivity contribution < 1.29 is 28.3 Å². The number of imidazole rings is 1. The number of nitrogen functional groups attached to an aromatic ring is 1. The summed E-state index contributed by atoms with van der Waals surface area (Å²) >= 11 is 0. The van der Waals surface area contributed by atoms with E-state index in [0.29, 0.717) is 17.8 Å². The Morgan fingerprint density at radius 1 is 1.25 bits per heavy atom. The predicted molar refractivity (Wildman–Crippen MR) is 132 cm³/mol. The Kier molecular flexibility index (Phi) is 7.58. The second kappa shape index (κ2) is 10.7. The molecular weight excluding hydrogens is 487 g/mol. The zero-order valence-corrected chi connectivity index (χ0v) is 21.0. The maximum atomic E-state index is 13.6. The van der Waals surface area contributed by atoms with Crippen LogP contribution in [0.3, 0.4) is 0 Å². The van der Waals surface area contributed by atoms with E-state index < -0.39 is 19.8 Å². The molecule has 2 heterocycles. The van der Waals surface area contributed by atoms with E-state index in [9.17, 15) is 14.5 Å². The van der Waals surface area contributed by atoms with Gasteiger partial charge in [-0.15, -0.1) is 0 Å². The number of nitrogens with zero attached hydrogens (tertiary/aromatic N) is 4. The molecule has 1 aliphatic carbocycles. The lowest BCUT2D eigenvalue weighted by molar-refractivity contribution is -0.149. The molecule has 3 aromatic rings. The van der Waals surface area contributed by atoms with Crippen LogP contribution in [-0.2, 0) is 18.6 Å². The number of aromatic nitrogens is 4. The van der Waals surface area contributed by atoms with Crippen molar-refractivity contribution in [3.05, 3.63) is 48.8 Å². The topological polar surface area (TPSA) is 164 Å². The number of hydrogen-bond donors (Lipinski definition) is 3. The number of benzene rings is 1. The highest BCUT2D eigenvalue weighted by Gasteiger charge is 2.34. The summed E-state index contributed by atoms with van der Waals surface area (Å²) in [4.78, 5) is 24.4. The van der Waals surface area contributed by atoms with Crippen LogP contribution in [0.4, 0.5) is 5.95 Å². The smallest absolute Gasteiger partial charge is 0.459 e. The molecule has 0 spiro atoms. The van der Waals surface area contributed by atoms with E-state index >= 15 is 0 Å². The number of hydrogen-bond acceptors (Lipinski definition) is 10. The van der Waals surface area contributed by atoms with Gasteiger partial charge in [0.05, 0.1) is 25.1 Å². The maximum Gasteiger partial charge on any atom is 0.459 e. The van der Waals surface area contributed by atoms with Gasteiger partial charge in [0, 0.05) is 5.92 Å². The first-order valence-electron chi connectivity index (χ1n) is 11.5. The minimum absolute atomic E-state index is 0.0567. The van der Waals surface area contributed by atoms with Crippen molar-refractivity contribution in [2.75, 3.05) is 12.3 Å². The number of aromatic hydroxyl groups is 1. The second-order valence-electron chi connectivity index (χ2n) is 8.71. The molecule has 192 valence electrons. The standard InChI is InChI=1S/C23H29N6O6P/c1-14(2)34-22(31)15(3)28-36(32,35-18-7-5-4-6-8-18)33-12-16-9-10-17(11-16)29-13-25-19-20(29)26-23(24)27-21(19)30/h4-10,13-17H,11-12H2,1-3H3,(H,28,32)(H3,24,26,27,30)/t15-,16+,17-,36?/m0/s1. The van der Waals surface area contributed by atoms with Gasteiger partial charge >= 0.3 is 13.7 Å². The third-order valence-electron chi connectivity index (χ3n) is 5.41. The fourth-order valence-corrected chi connectivity index (χ4v) is 5.32. The van der Waals surface area contributed by atoms with Crippen molar-refractivity contribution >= 4 is 30.8 Å². The van der Waals surface area contributed by atoms with Crippen LogP contribution in [0.1, 0.15) is 33.2 Å². The molecule has 0 bridgehead atoms. The van der Waals surface area contributed by atoms with Crippen molar-refractivity contribution in [3.63, 3.8) is 0 Å². The van der Waals surface area contributed by atoms with Crippen molar-refractivity contribution in [2.24, 2.45) is 5.92 Å². The monoisotopic (exact) mass is 516 g/mol. The first-order valence-corrected chi connectivity index (χ1v) is 13.0. The number of fused-ring (bicyclic) bond motifs is 1. The van der Waals surface area contributed by atoms with E-state index in [1.807, 2.05) is 12.2 Å². The van der Waals surface area contributed by atoms with Crippen LogP contribution in [-0.4, -0.2) is 49.3 Å². The molecule has 0 fully saturated rings. The molecule has 13 heteroatoms. The largest absolute Gasteiger partial charge is 0.492 e. The quantitative estimate of drug-likeness (QED) is 0.206. The molecule has 1 aliphatic rings. The van der Waals surface area contributed by atoms with E-state index in [-0.39, 0.29) is 42.0 Å². The Bertz CT molecular complexity index is 1300. The molecule has 2 aromatic heterocycles. The highest BCUT2D eigenvalue weighted by atomic mass is 31.2. The van der Waals surface area contributed by atoms with Gasteiger partial charge in [-0.05, 0) is 39.3 Å². The molecule has 1 aromatic carbocycles. The van der Waals surface area contributed by atoms with Crippen LogP contribution >= 0.6 is 7.75 Å². The molecule has 0 aliphatic heterocycles.